The SMILES string of the molecule is CCC(C)CCCCCCCCCCCCCCCCCCCCC(=O)OC[C@H](COP(=O)(O)OC[C@@H](O)COP(=O)(O)OC[C@@H](COC(=O)CCCCCCCCC(C)CC)OC(=O)CCCCCCCCCCCCC(C)C)OC(=O)CCCCCCCCCCCCCC(C)C. The van der Waals surface area contributed by atoms with Crippen LogP contribution >= 0.6 is 15.6 Å². The third kappa shape index (κ3) is 71.5. The molecule has 0 rings (SSSR count). The second kappa shape index (κ2) is 69.1. The monoisotopic (exact) mass is 1450 g/mol. The number of carbonyl (C=O) groups is 4. The van der Waals surface area contributed by atoms with Crippen molar-refractivity contribution in [3.63, 3.8) is 0 Å². The first-order valence-corrected chi connectivity index (χ1v) is 44.3. The van der Waals surface area contributed by atoms with Crippen LogP contribution in [0.2, 0.25) is 0 Å². The molecule has 0 aliphatic carbocycles. The molecule has 0 aliphatic rings. The van der Waals surface area contributed by atoms with Gasteiger partial charge in [-0.25, -0.2) is 9.13 Å². The molecule has 0 saturated heterocycles. The number of phosphoric acid groups is 2. The molecule has 0 radical (unpaired) electrons. The highest BCUT2D eigenvalue weighted by atomic mass is 31.2. The molecule has 0 fully saturated rings. The lowest BCUT2D eigenvalue weighted by Gasteiger charge is -2.21. The Kier molecular flexibility index (Phi) is 67.8. The quantitative estimate of drug-likeness (QED) is 0.0222. The third-order valence-corrected chi connectivity index (χ3v) is 21.2. The van der Waals surface area contributed by atoms with E-state index in [-0.39, 0.29) is 25.7 Å². The van der Waals surface area contributed by atoms with Crippen molar-refractivity contribution >= 4 is 39.5 Å². The summed E-state index contributed by atoms with van der Waals surface area (Å²) in [4.78, 5) is 72.9. The molecule has 99 heavy (non-hydrogen) atoms. The molecule has 0 heterocycles. The maximum Gasteiger partial charge on any atom is 0.472 e. The van der Waals surface area contributed by atoms with Gasteiger partial charge in [-0.2, -0.15) is 0 Å². The minimum absolute atomic E-state index is 0.105. The number of hydrogen-bond acceptors (Lipinski definition) is 15. The summed E-state index contributed by atoms with van der Waals surface area (Å²) in [5, 5.41) is 10.6. The standard InChI is InChI=1S/C80H156O17P2/c1-9-72(7)58-50-42-34-28-21-17-15-13-11-12-14-16-18-22-29-35-44-52-60-77(82)90-66-75(96-79(84)62-54-46-36-30-23-19-20-26-32-40-48-56-70(3)4)68-94-98(86,87)92-64-74(81)65-93-99(88,89)95-69-76(67-91-78(83)61-53-45-39-38-43-51-59-73(8)10-2)97-80(85)63-55-47-37-31-25-24-27-33-41-49-57-71(5)6/h70-76,81H,9-69H2,1-8H3,(H,86,87)(H,88,89)/t72?,73?,74-,75-,76-/m1/s1. The number of carbonyl (C=O) groups excluding carboxylic acids is 4. The topological polar surface area (TPSA) is 237 Å². The van der Waals surface area contributed by atoms with Crippen LogP contribution in [0.5, 0.6) is 0 Å². The molecule has 0 aromatic rings. The third-order valence-electron chi connectivity index (χ3n) is 19.3. The fourth-order valence-electron chi connectivity index (χ4n) is 12.2. The summed E-state index contributed by atoms with van der Waals surface area (Å²) in [7, 11) is -9.92. The molecule has 17 nitrogen and oxygen atoms in total. The van der Waals surface area contributed by atoms with Crippen molar-refractivity contribution < 1.29 is 80.2 Å². The molecule has 0 aromatic carbocycles. The van der Waals surface area contributed by atoms with E-state index in [2.05, 4.69) is 55.4 Å². The Labute approximate surface area is 607 Å². The Balaban J connectivity index is 5.19. The molecule has 0 aromatic heterocycles. The van der Waals surface area contributed by atoms with Gasteiger partial charge < -0.3 is 33.8 Å². The van der Waals surface area contributed by atoms with Crippen LogP contribution in [0.3, 0.4) is 0 Å². The molecule has 588 valence electrons. The summed E-state index contributed by atoms with van der Waals surface area (Å²) >= 11 is 0. The Morgan fingerprint density at radius 3 is 0.717 bits per heavy atom. The fourth-order valence-corrected chi connectivity index (χ4v) is 13.8. The fraction of sp³-hybridized carbons (Fsp3) is 0.950. The zero-order valence-electron chi connectivity index (χ0n) is 65.1. The Morgan fingerprint density at radius 1 is 0.283 bits per heavy atom. The molecule has 3 N–H and O–H groups in total. The number of aliphatic hydroxyl groups excluding tert-OH is 1. The second-order valence-electron chi connectivity index (χ2n) is 30.2. The first-order valence-electron chi connectivity index (χ1n) is 41.3. The van der Waals surface area contributed by atoms with Crippen LogP contribution in [0, 0.1) is 23.7 Å². The predicted octanol–water partition coefficient (Wildman–Crippen LogP) is 23.6. The molecule has 0 spiro atoms. The van der Waals surface area contributed by atoms with E-state index < -0.39 is 97.5 Å². The zero-order valence-corrected chi connectivity index (χ0v) is 66.9. The average Bonchev–Trinajstić information content (AvgIpc) is 1.78. The van der Waals surface area contributed by atoms with Crippen LogP contribution in [0.15, 0.2) is 0 Å². The average molecular weight is 1450 g/mol. The maximum atomic E-state index is 13.1. The van der Waals surface area contributed by atoms with Gasteiger partial charge in [0.05, 0.1) is 26.4 Å². The molecule has 19 heteroatoms. The van der Waals surface area contributed by atoms with Crippen molar-refractivity contribution in [1.82, 2.24) is 0 Å². The van der Waals surface area contributed by atoms with Gasteiger partial charge in [-0.3, -0.25) is 37.3 Å². The van der Waals surface area contributed by atoms with Crippen LogP contribution in [-0.2, 0) is 65.4 Å². The maximum absolute atomic E-state index is 13.1. The number of phosphoric ester groups is 2. The van der Waals surface area contributed by atoms with Gasteiger partial charge in [-0.15, -0.1) is 0 Å². The van der Waals surface area contributed by atoms with Crippen molar-refractivity contribution in [2.45, 2.75) is 427 Å². The number of aliphatic hydroxyl groups is 1. The Morgan fingerprint density at radius 2 is 0.485 bits per heavy atom. The molecule has 7 atom stereocenters. The van der Waals surface area contributed by atoms with Crippen LogP contribution < -0.4 is 0 Å². The van der Waals surface area contributed by atoms with Crippen molar-refractivity contribution in [3.05, 3.63) is 0 Å². The highest BCUT2D eigenvalue weighted by Gasteiger charge is 2.30. The molecule has 0 amide bonds. The number of rotatable bonds is 77. The summed E-state index contributed by atoms with van der Waals surface area (Å²) in [6, 6.07) is 0. The van der Waals surface area contributed by atoms with Gasteiger partial charge in [-0.05, 0) is 49.4 Å². The number of hydrogen-bond donors (Lipinski definition) is 3. The van der Waals surface area contributed by atoms with Gasteiger partial charge in [0.25, 0.3) is 0 Å². The number of ether oxygens (including phenoxy) is 4. The molecule has 0 aliphatic heterocycles. The van der Waals surface area contributed by atoms with Crippen molar-refractivity contribution in [1.29, 1.82) is 0 Å². The molecule has 4 unspecified atom stereocenters. The van der Waals surface area contributed by atoms with E-state index in [1.807, 2.05) is 0 Å². The number of unbranched alkanes of at least 4 members (excludes halogenated alkanes) is 41. The predicted molar refractivity (Wildman–Crippen MR) is 404 cm³/mol. The summed E-state index contributed by atoms with van der Waals surface area (Å²) in [5.41, 5.74) is 0. The molecule has 0 bridgehead atoms. The van der Waals surface area contributed by atoms with E-state index >= 15 is 0 Å². The van der Waals surface area contributed by atoms with Gasteiger partial charge in [0.2, 0.25) is 0 Å². The second-order valence-corrected chi connectivity index (χ2v) is 33.1. The lowest BCUT2D eigenvalue weighted by atomic mass is 9.99. The summed E-state index contributed by atoms with van der Waals surface area (Å²) in [6.07, 6.45) is 55.6. The van der Waals surface area contributed by atoms with E-state index in [9.17, 15) is 43.2 Å². The van der Waals surface area contributed by atoms with Gasteiger partial charge in [0, 0.05) is 25.7 Å². The minimum Gasteiger partial charge on any atom is -0.462 e. The Bertz CT molecular complexity index is 1940. The first-order chi connectivity index (χ1) is 47.7. The molecular formula is C80H156O17P2. The zero-order chi connectivity index (χ0) is 73.1. The summed E-state index contributed by atoms with van der Waals surface area (Å²) in [6.45, 7) is 14.2. The lowest BCUT2D eigenvalue weighted by Crippen LogP contribution is -2.30. The van der Waals surface area contributed by atoms with Crippen molar-refractivity contribution in [3.8, 4) is 0 Å². The first kappa shape index (κ1) is 97.1. The van der Waals surface area contributed by atoms with E-state index in [0.29, 0.717) is 25.7 Å². The summed E-state index contributed by atoms with van der Waals surface area (Å²) < 4.78 is 68.6. The van der Waals surface area contributed by atoms with Crippen LogP contribution in [-0.4, -0.2) is 96.7 Å². The van der Waals surface area contributed by atoms with Crippen LogP contribution in [0.1, 0.15) is 409 Å². The molecular weight excluding hydrogens is 1290 g/mol. The van der Waals surface area contributed by atoms with E-state index in [1.165, 1.54) is 205 Å². The highest BCUT2D eigenvalue weighted by Crippen LogP contribution is 2.45. The largest absolute Gasteiger partial charge is 0.472 e. The van der Waals surface area contributed by atoms with Crippen LogP contribution in [0.4, 0.5) is 0 Å². The normalized spacial score (nSPS) is 14.6. The van der Waals surface area contributed by atoms with Gasteiger partial charge in [0.1, 0.15) is 19.3 Å². The van der Waals surface area contributed by atoms with E-state index in [0.717, 1.165) is 120 Å². The summed E-state index contributed by atoms with van der Waals surface area (Å²) in [5.74, 6) is 1.00. The van der Waals surface area contributed by atoms with Crippen molar-refractivity contribution in [2.24, 2.45) is 23.7 Å². The van der Waals surface area contributed by atoms with Gasteiger partial charge in [0.15, 0.2) is 12.2 Å². The highest BCUT2D eigenvalue weighted by molar-refractivity contribution is 7.47. The smallest absolute Gasteiger partial charge is 0.462 e. The van der Waals surface area contributed by atoms with Crippen molar-refractivity contribution in [2.75, 3.05) is 39.6 Å². The van der Waals surface area contributed by atoms with Crippen LogP contribution in [0.25, 0.3) is 0 Å². The van der Waals surface area contributed by atoms with E-state index in [1.54, 1.807) is 0 Å². The Hall–Kier alpha value is -1.94. The number of esters is 4. The van der Waals surface area contributed by atoms with E-state index in [4.69, 9.17) is 37.0 Å². The van der Waals surface area contributed by atoms with Gasteiger partial charge in [-0.1, -0.05) is 357 Å². The minimum atomic E-state index is -4.96. The lowest BCUT2D eigenvalue weighted by molar-refractivity contribution is -0.161. The molecule has 0 saturated carbocycles. The van der Waals surface area contributed by atoms with Gasteiger partial charge >= 0.3 is 39.5 Å².